The van der Waals surface area contributed by atoms with Crippen molar-refractivity contribution in [1.82, 2.24) is 10.2 Å². The normalized spacial score (nSPS) is 38.1. The van der Waals surface area contributed by atoms with E-state index in [0.29, 0.717) is 23.4 Å². The van der Waals surface area contributed by atoms with E-state index in [1.54, 1.807) is 0 Å². The number of nitrogens with zero attached hydrogens (tertiary/aromatic N) is 1. The molecule has 2 rings (SSSR count). The van der Waals surface area contributed by atoms with Crippen LogP contribution in [0.25, 0.3) is 0 Å². The minimum Gasteiger partial charge on any atom is -0.391 e. The summed E-state index contributed by atoms with van der Waals surface area (Å²) < 4.78 is 0. The number of hydrogen-bond donors (Lipinski definition) is 2. The van der Waals surface area contributed by atoms with Gasteiger partial charge in [0.2, 0.25) is 0 Å². The molecule has 118 valence electrons. The first-order valence-electron chi connectivity index (χ1n) is 8.48. The molecule has 2 saturated carbocycles. The molecule has 3 heteroatoms. The molecule has 0 aliphatic heterocycles. The molecule has 3 nitrogen and oxygen atoms in total. The average molecular weight is 282 g/mol. The molecule has 0 saturated heterocycles. The van der Waals surface area contributed by atoms with Gasteiger partial charge in [0.15, 0.2) is 0 Å². The van der Waals surface area contributed by atoms with Crippen molar-refractivity contribution in [3.63, 3.8) is 0 Å². The highest BCUT2D eigenvalue weighted by molar-refractivity contribution is 4.91. The van der Waals surface area contributed by atoms with E-state index in [1.165, 1.54) is 32.1 Å². The SMILES string of the molecule is CNC1CCC(C)(C)CC1CN(C)C1CCCCC1O. The molecule has 0 aromatic heterocycles. The second-order valence-electron chi connectivity index (χ2n) is 7.92. The van der Waals surface area contributed by atoms with Crippen LogP contribution in [0.4, 0.5) is 0 Å². The lowest BCUT2D eigenvalue weighted by molar-refractivity contribution is 0.0130. The largest absolute Gasteiger partial charge is 0.391 e. The summed E-state index contributed by atoms with van der Waals surface area (Å²) in [6, 6.07) is 1.03. The van der Waals surface area contributed by atoms with Crippen molar-refractivity contribution in [2.45, 2.75) is 77.0 Å². The van der Waals surface area contributed by atoms with Gasteiger partial charge < -0.3 is 15.3 Å². The molecule has 4 unspecified atom stereocenters. The van der Waals surface area contributed by atoms with Crippen molar-refractivity contribution in [3.8, 4) is 0 Å². The van der Waals surface area contributed by atoms with Gasteiger partial charge in [-0.1, -0.05) is 26.7 Å². The summed E-state index contributed by atoms with van der Waals surface area (Å²) in [6.07, 6.45) is 8.42. The van der Waals surface area contributed by atoms with Crippen LogP contribution >= 0.6 is 0 Å². The molecule has 4 atom stereocenters. The third-order valence-electron chi connectivity index (χ3n) is 5.67. The maximum atomic E-state index is 10.2. The van der Waals surface area contributed by atoms with Gasteiger partial charge in [0.25, 0.3) is 0 Å². The highest BCUT2D eigenvalue weighted by atomic mass is 16.3. The van der Waals surface area contributed by atoms with E-state index in [4.69, 9.17) is 0 Å². The minimum atomic E-state index is -0.113. The molecule has 0 aromatic carbocycles. The van der Waals surface area contributed by atoms with Crippen LogP contribution < -0.4 is 5.32 Å². The Kier molecular flexibility index (Phi) is 5.49. The van der Waals surface area contributed by atoms with Crippen molar-refractivity contribution in [2.24, 2.45) is 11.3 Å². The fourth-order valence-corrected chi connectivity index (χ4v) is 4.42. The van der Waals surface area contributed by atoms with Crippen molar-refractivity contribution >= 4 is 0 Å². The van der Waals surface area contributed by atoms with E-state index >= 15 is 0 Å². The molecular weight excluding hydrogens is 248 g/mol. The van der Waals surface area contributed by atoms with Gasteiger partial charge in [-0.2, -0.15) is 0 Å². The Labute approximate surface area is 125 Å². The molecule has 0 aromatic rings. The Hall–Kier alpha value is -0.120. The Morgan fingerprint density at radius 1 is 1.20 bits per heavy atom. The molecule has 0 amide bonds. The molecule has 2 fully saturated rings. The van der Waals surface area contributed by atoms with Gasteiger partial charge in [0, 0.05) is 18.6 Å². The highest BCUT2D eigenvalue weighted by Crippen LogP contribution is 2.39. The molecule has 2 N–H and O–H groups in total. The van der Waals surface area contributed by atoms with Gasteiger partial charge in [0.1, 0.15) is 0 Å². The first kappa shape index (κ1) is 16.3. The monoisotopic (exact) mass is 282 g/mol. The van der Waals surface area contributed by atoms with Crippen LogP contribution in [0, 0.1) is 11.3 Å². The van der Waals surface area contributed by atoms with Crippen LogP contribution in [0.15, 0.2) is 0 Å². The second-order valence-corrected chi connectivity index (χ2v) is 7.92. The lowest BCUT2D eigenvalue weighted by Gasteiger charge is -2.44. The van der Waals surface area contributed by atoms with Crippen LogP contribution in [0.2, 0.25) is 0 Å². The summed E-state index contributed by atoms with van der Waals surface area (Å²) >= 11 is 0. The van der Waals surface area contributed by atoms with Crippen LogP contribution in [0.1, 0.15) is 58.8 Å². The van der Waals surface area contributed by atoms with E-state index in [2.05, 4.69) is 38.2 Å². The summed E-state index contributed by atoms with van der Waals surface area (Å²) in [5, 5.41) is 13.8. The average Bonchev–Trinajstić information content (AvgIpc) is 2.38. The number of aliphatic hydroxyl groups excluding tert-OH is 1. The highest BCUT2D eigenvalue weighted by Gasteiger charge is 2.36. The smallest absolute Gasteiger partial charge is 0.0695 e. The van der Waals surface area contributed by atoms with E-state index < -0.39 is 0 Å². The van der Waals surface area contributed by atoms with Crippen LogP contribution in [-0.2, 0) is 0 Å². The fourth-order valence-electron chi connectivity index (χ4n) is 4.42. The molecule has 0 heterocycles. The lowest BCUT2D eigenvalue weighted by Crippen LogP contribution is -2.50. The van der Waals surface area contributed by atoms with E-state index in [-0.39, 0.29) is 6.10 Å². The molecule has 20 heavy (non-hydrogen) atoms. The summed E-state index contributed by atoms with van der Waals surface area (Å²) in [7, 11) is 4.32. The molecule has 0 spiro atoms. The molecule has 0 bridgehead atoms. The quantitative estimate of drug-likeness (QED) is 0.832. The number of aliphatic hydroxyl groups is 1. The van der Waals surface area contributed by atoms with Crippen LogP contribution in [-0.4, -0.2) is 48.8 Å². The summed E-state index contributed by atoms with van der Waals surface area (Å²) in [5.74, 6) is 0.711. The van der Waals surface area contributed by atoms with Crippen LogP contribution in [0.3, 0.4) is 0 Å². The predicted molar refractivity (Wildman–Crippen MR) is 84.9 cm³/mol. The van der Waals surface area contributed by atoms with Crippen molar-refractivity contribution < 1.29 is 5.11 Å². The van der Waals surface area contributed by atoms with Crippen molar-refractivity contribution in [1.29, 1.82) is 0 Å². The zero-order valence-corrected chi connectivity index (χ0v) is 13.9. The predicted octanol–water partition coefficient (Wildman–Crippen LogP) is 2.64. The van der Waals surface area contributed by atoms with Gasteiger partial charge in [-0.05, 0) is 57.5 Å². The standard InChI is InChI=1S/C17H34N2O/c1-17(2)10-9-14(18-3)13(11-17)12-19(4)15-7-5-6-8-16(15)20/h13-16,18,20H,5-12H2,1-4H3. The third kappa shape index (κ3) is 3.96. The van der Waals surface area contributed by atoms with E-state index in [9.17, 15) is 5.11 Å². The van der Waals surface area contributed by atoms with Gasteiger partial charge >= 0.3 is 0 Å². The summed E-state index contributed by atoms with van der Waals surface area (Å²) in [5.41, 5.74) is 0.476. The lowest BCUT2D eigenvalue weighted by atomic mass is 9.69. The van der Waals surface area contributed by atoms with E-state index in [1.807, 2.05) is 0 Å². The Balaban J connectivity index is 1.95. The van der Waals surface area contributed by atoms with E-state index in [0.717, 1.165) is 19.4 Å². The van der Waals surface area contributed by atoms with Gasteiger partial charge in [-0.3, -0.25) is 0 Å². The topological polar surface area (TPSA) is 35.5 Å². The number of rotatable bonds is 4. The molecular formula is C17H34N2O. The maximum Gasteiger partial charge on any atom is 0.0695 e. The first-order valence-corrected chi connectivity index (χ1v) is 8.48. The number of likely N-dealkylation sites (N-methyl/N-ethyl adjacent to an activating group) is 1. The summed E-state index contributed by atoms with van der Waals surface area (Å²) in [4.78, 5) is 2.44. The Morgan fingerprint density at radius 3 is 2.55 bits per heavy atom. The van der Waals surface area contributed by atoms with Gasteiger partial charge in [-0.25, -0.2) is 0 Å². The third-order valence-corrected chi connectivity index (χ3v) is 5.67. The summed E-state index contributed by atoms with van der Waals surface area (Å²) in [6.45, 7) is 5.93. The number of nitrogens with one attached hydrogen (secondary N) is 1. The Morgan fingerprint density at radius 2 is 1.90 bits per heavy atom. The Bertz CT molecular complexity index is 305. The van der Waals surface area contributed by atoms with Gasteiger partial charge in [0.05, 0.1) is 6.10 Å². The molecule has 0 radical (unpaired) electrons. The zero-order chi connectivity index (χ0) is 14.8. The van der Waals surface area contributed by atoms with Crippen LogP contribution in [0.5, 0.6) is 0 Å². The second kappa shape index (κ2) is 6.76. The van der Waals surface area contributed by atoms with Crippen molar-refractivity contribution in [2.75, 3.05) is 20.6 Å². The zero-order valence-electron chi connectivity index (χ0n) is 13.9. The fraction of sp³-hybridized carbons (Fsp3) is 1.00. The molecule has 2 aliphatic carbocycles. The minimum absolute atomic E-state index is 0.113. The van der Waals surface area contributed by atoms with Gasteiger partial charge in [-0.15, -0.1) is 0 Å². The van der Waals surface area contributed by atoms with Crippen molar-refractivity contribution in [3.05, 3.63) is 0 Å². The maximum absolute atomic E-state index is 10.2. The first-order chi connectivity index (χ1) is 9.43. The molecule has 2 aliphatic rings. The number of hydrogen-bond acceptors (Lipinski definition) is 3.